The van der Waals surface area contributed by atoms with Crippen molar-refractivity contribution in [1.82, 2.24) is 5.53 Å². The fourth-order valence-electron chi connectivity index (χ4n) is 2.77. The molecular weight excluding hydrogens is 320 g/mol. The lowest BCUT2D eigenvalue weighted by molar-refractivity contribution is -0.122. The number of nitrogens with one attached hydrogen (secondary N) is 1. The van der Waals surface area contributed by atoms with Crippen LogP contribution in [-0.4, -0.2) is 23.5 Å². The summed E-state index contributed by atoms with van der Waals surface area (Å²) in [4.78, 5) is 24.3. The summed E-state index contributed by atoms with van der Waals surface area (Å²) in [7, 11) is 0. The zero-order valence-electron chi connectivity index (χ0n) is 13.3. The highest BCUT2D eigenvalue weighted by Gasteiger charge is 2.25. The molecule has 2 aliphatic heterocycles. The molecule has 7 heteroatoms. The average molecular weight is 336 g/mol. The van der Waals surface area contributed by atoms with E-state index in [1.165, 1.54) is 0 Å². The first kappa shape index (κ1) is 15.2. The molecule has 4 rings (SSSR count). The largest absolute Gasteiger partial charge is 0.478 e. The first-order valence-electron chi connectivity index (χ1n) is 7.89. The van der Waals surface area contributed by atoms with Gasteiger partial charge in [0.1, 0.15) is 0 Å². The lowest BCUT2D eigenvalue weighted by Gasteiger charge is -2.31. The first-order chi connectivity index (χ1) is 12.1. The number of carbonyl (C=O) groups excluding carboxylic acids is 1. The summed E-state index contributed by atoms with van der Waals surface area (Å²) >= 11 is 0. The van der Waals surface area contributed by atoms with Crippen LogP contribution in [0.15, 0.2) is 60.9 Å². The highest BCUT2D eigenvalue weighted by molar-refractivity contribution is 5.99. The summed E-state index contributed by atoms with van der Waals surface area (Å²) in [5, 5.41) is 12.7. The Bertz CT molecular complexity index is 863. The average Bonchev–Trinajstić information content (AvgIpc) is 3.11. The Morgan fingerprint density at radius 3 is 2.24 bits per heavy atom. The molecule has 2 aromatic rings. The molecule has 0 unspecified atom stereocenters. The maximum atomic E-state index is 11.5. The van der Waals surface area contributed by atoms with Gasteiger partial charge in [0.2, 0.25) is 5.91 Å². The van der Waals surface area contributed by atoms with E-state index >= 15 is 0 Å². The third-order valence-corrected chi connectivity index (χ3v) is 4.24. The van der Waals surface area contributed by atoms with Crippen LogP contribution in [0.1, 0.15) is 16.8 Å². The Labute approximate surface area is 144 Å². The van der Waals surface area contributed by atoms with Gasteiger partial charge in [-0.3, -0.25) is 14.8 Å². The Balaban J connectivity index is 1.47. The van der Waals surface area contributed by atoms with Crippen molar-refractivity contribution in [2.45, 2.75) is 6.42 Å². The summed E-state index contributed by atoms with van der Waals surface area (Å²) in [6.07, 6.45) is 4.27. The number of hydrazine groups is 2. The Kier molecular flexibility index (Phi) is 3.62. The van der Waals surface area contributed by atoms with Crippen molar-refractivity contribution >= 4 is 28.9 Å². The molecule has 2 aliphatic rings. The SMILES string of the molecule is O=C(O)c1cccc(N2C=CN(c3ccc(N4CCC4=O)cc3)N2)c1. The molecule has 126 valence electrons. The minimum Gasteiger partial charge on any atom is -0.478 e. The maximum absolute atomic E-state index is 11.5. The molecule has 1 amide bonds. The van der Waals surface area contributed by atoms with E-state index in [2.05, 4.69) is 5.53 Å². The van der Waals surface area contributed by atoms with Crippen molar-refractivity contribution in [2.75, 3.05) is 21.5 Å². The summed E-state index contributed by atoms with van der Waals surface area (Å²) in [6, 6.07) is 14.4. The van der Waals surface area contributed by atoms with Gasteiger partial charge >= 0.3 is 5.97 Å². The molecule has 2 N–H and O–H groups in total. The summed E-state index contributed by atoms with van der Waals surface area (Å²) in [5.74, 6) is -0.811. The second-order valence-electron chi connectivity index (χ2n) is 5.81. The number of nitrogens with zero attached hydrogens (tertiary/aromatic N) is 3. The van der Waals surface area contributed by atoms with Gasteiger partial charge in [-0.2, -0.15) is 0 Å². The number of hydrogen-bond acceptors (Lipinski definition) is 5. The predicted molar refractivity (Wildman–Crippen MR) is 94.0 cm³/mol. The Morgan fingerprint density at radius 1 is 0.960 bits per heavy atom. The van der Waals surface area contributed by atoms with Crippen LogP contribution in [0.5, 0.6) is 0 Å². The van der Waals surface area contributed by atoms with E-state index in [1.54, 1.807) is 28.1 Å². The molecule has 0 spiro atoms. The minimum atomic E-state index is -0.960. The Hall–Kier alpha value is -3.32. The van der Waals surface area contributed by atoms with Crippen LogP contribution in [0, 0.1) is 0 Å². The number of rotatable bonds is 4. The number of benzene rings is 2. The lowest BCUT2D eigenvalue weighted by atomic mass is 10.1. The van der Waals surface area contributed by atoms with E-state index in [9.17, 15) is 9.59 Å². The third-order valence-electron chi connectivity index (χ3n) is 4.24. The van der Waals surface area contributed by atoms with Crippen LogP contribution in [0.3, 0.4) is 0 Å². The first-order valence-corrected chi connectivity index (χ1v) is 7.89. The van der Waals surface area contributed by atoms with Crippen LogP contribution in [0.2, 0.25) is 0 Å². The summed E-state index contributed by atoms with van der Waals surface area (Å²) in [5.41, 5.74) is 5.92. The van der Waals surface area contributed by atoms with Crippen LogP contribution in [0.25, 0.3) is 0 Å². The van der Waals surface area contributed by atoms with Crippen molar-refractivity contribution in [3.05, 3.63) is 66.5 Å². The van der Waals surface area contributed by atoms with Crippen LogP contribution in [-0.2, 0) is 4.79 Å². The van der Waals surface area contributed by atoms with Crippen molar-refractivity contribution in [3.8, 4) is 0 Å². The summed E-state index contributed by atoms with van der Waals surface area (Å²) in [6.45, 7) is 0.772. The number of carboxylic acids is 1. The maximum Gasteiger partial charge on any atom is 0.335 e. The van der Waals surface area contributed by atoms with Crippen LogP contribution in [0.4, 0.5) is 17.1 Å². The molecule has 0 radical (unpaired) electrons. The van der Waals surface area contributed by atoms with Gasteiger partial charge in [0.05, 0.1) is 16.9 Å². The quantitative estimate of drug-likeness (QED) is 0.835. The van der Waals surface area contributed by atoms with E-state index in [1.807, 2.05) is 47.7 Å². The van der Waals surface area contributed by atoms with Gasteiger partial charge < -0.3 is 10.0 Å². The lowest BCUT2D eigenvalue weighted by Crippen LogP contribution is -2.43. The van der Waals surface area contributed by atoms with E-state index in [0.29, 0.717) is 6.42 Å². The van der Waals surface area contributed by atoms with Gasteiger partial charge in [-0.15, -0.1) is 5.53 Å². The smallest absolute Gasteiger partial charge is 0.335 e. The van der Waals surface area contributed by atoms with Crippen molar-refractivity contribution < 1.29 is 14.7 Å². The number of amides is 1. The normalized spacial score (nSPS) is 16.3. The molecular formula is C18H16N4O3. The number of carbonyl (C=O) groups is 2. The number of anilines is 3. The van der Waals surface area contributed by atoms with Gasteiger partial charge in [0.25, 0.3) is 0 Å². The molecule has 0 atom stereocenters. The van der Waals surface area contributed by atoms with Gasteiger partial charge in [0.15, 0.2) is 0 Å². The van der Waals surface area contributed by atoms with Gasteiger partial charge in [-0.1, -0.05) is 6.07 Å². The molecule has 2 aromatic carbocycles. The molecule has 0 aliphatic carbocycles. The Morgan fingerprint density at radius 2 is 1.64 bits per heavy atom. The predicted octanol–water partition coefficient (Wildman–Crippen LogP) is 2.34. The zero-order chi connectivity index (χ0) is 17.4. The fourth-order valence-corrected chi connectivity index (χ4v) is 2.77. The van der Waals surface area contributed by atoms with E-state index < -0.39 is 5.97 Å². The topological polar surface area (TPSA) is 76.1 Å². The zero-order valence-corrected chi connectivity index (χ0v) is 13.3. The highest BCUT2D eigenvalue weighted by atomic mass is 16.4. The molecule has 1 saturated heterocycles. The standard InChI is InChI=1S/C18H16N4O3/c23-17-8-9-20(17)14-4-6-15(7-5-14)21-10-11-22(19-21)16-3-1-2-13(12-16)18(24)25/h1-7,10-12,19H,8-9H2,(H,24,25). The third kappa shape index (κ3) is 2.81. The molecule has 25 heavy (non-hydrogen) atoms. The minimum absolute atomic E-state index is 0.149. The van der Waals surface area contributed by atoms with Gasteiger partial charge in [-0.05, 0) is 42.5 Å². The number of carboxylic acid groups (broad SMARTS) is 1. The van der Waals surface area contributed by atoms with E-state index in [-0.39, 0.29) is 11.5 Å². The molecule has 7 nitrogen and oxygen atoms in total. The van der Waals surface area contributed by atoms with Crippen molar-refractivity contribution in [2.24, 2.45) is 0 Å². The van der Waals surface area contributed by atoms with Crippen LogP contribution < -0.4 is 20.5 Å². The molecule has 2 heterocycles. The molecule has 0 bridgehead atoms. The number of β-lactam (4-membered cyclic amide) rings is 1. The second-order valence-corrected chi connectivity index (χ2v) is 5.81. The molecule has 1 fully saturated rings. The number of aromatic carboxylic acids is 1. The van der Waals surface area contributed by atoms with E-state index in [0.717, 1.165) is 23.6 Å². The molecule has 0 saturated carbocycles. The highest BCUT2D eigenvalue weighted by Crippen LogP contribution is 2.26. The van der Waals surface area contributed by atoms with Gasteiger partial charge in [0, 0.05) is 31.1 Å². The second kappa shape index (κ2) is 5.95. The fraction of sp³-hybridized carbons (Fsp3) is 0.111. The van der Waals surface area contributed by atoms with Crippen molar-refractivity contribution in [1.29, 1.82) is 0 Å². The monoisotopic (exact) mass is 336 g/mol. The van der Waals surface area contributed by atoms with Crippen molar-refractivity contribution in [3.63, 3.8) is 0 Å². The number of hydrogen-bond donors (Lipinski definition) is 2. The van der Waals surface area contributed by atoms with Gasteiger partial charge in [-0.25, -0.2) is 4.79 Å². The molecule has 0 aromatic heterocycles. The van der Waals surface area contributed by atoms with Crippen LogP contribution >= 0.6 is 0 Å². The summed E-state index contributed by atoms with van der Waals surface area (Å²) < 4.78 is 0. The van der Waals surface area contributed by atoms with E-state index in [4.69, 9.17) is 5.11 Å².